The Morgan fingerprint density at radius 3 is 2.81 bits per heavy atom. The molecule has 16 heavy (non-hydrogen) atoms. The van der Waals surface area contributed by atoms with Crippen molar-refractivity contribution in [3.05, 3.63) is 0 Å². The Balaban J connectivity index is 1.99. The molecule has 0 spiro atoms. The fourth-order valence-corrected chi connectivity index (χ4v) is 1.91. The quantitative estimate of drug-likeness (QED) is 0.613. The molecule has 0 aromatic rings. The Kier molecular flexibility index (Phi) is 6.96. The van der Waals surface area contributed by atoms with Gasteiger partial charge < -0.3 is 20.3 Å². The first-order valence-corrected chi connectivity index (χ1v) is 6.37. The lowest BCUT2D eigenvalue weighted by Crippen LogP contribution is -2.34. The summed E-state index contributed by atoms with van der Waals surface area (Å²) in [5.41, 5.74) is 5.87. The lowest BCUT2D eigenvalue weighted by molar-refractivity contribution is -0.0460. The maximum absolute atomic E-state index is 9.60. The van der Waals surface area contributed by atoms with Crippen molar-refractivity contribution in [1.29, 1.82) is 0 Å². The summed E-state index contributed by atoms with van der Waals surface area (Å²) < 4.78 is 10.9. The first-order chi connectivity index (χ1) is 7.74. The largest absolute Gasteiger partial charge is 0.388 e. The molecule has 0 bridgehead atoms. The molecule has 1 rings (SSSR count). The topological polar surface area (TPSA) is 64.7 Å². The van der Waals surface area contributed by atoms with Crippen molar-refractivity contribution in [2.45, 2.75) is 57.3 Å². The molecule has 0 aromatic carbocycles. The van der Waals surface area contributed by atoms with Gasteiger partial charge in [0.15, 0.2) is 0 Å². The van der Waals surface area contributed by atoms with Gasteiger partial charge in [-0.25, -0.2) is 0 Å². The van der Waals surface area contributed by atoms with Crippen molar-refractivity contribution in [2.24, 2.45) is 5.73 Å². The lowest BCUT2D eigenvalue weighted by Gasteiger charge is -2.19. The third-order valence-corrected chi connectivity index (χ3v) is 2.96. The number of unbranched alkanes of at least 4 members (excludes halogenated alkanes) is 1. The summed E-state index contributed by atoms with van der Waals surface area (Å²) in [5, 5.41) is 9.60. The summed E-state index contributed by atoms with van der Waals surface area (Å²) in [6.45, 7) is 3.54. The van der Waals surface area contributed by atoms with Gasteiger partial charge in [-0.2, -0.15) is 0 Å². The molecule has 0 radical (unpaired) electrons. The Hall–Kier alpha value is -0.160. The van der Waals surface area contributed by atoms with Crippen LogP contribution in [0, 0.1) is 0 Å². The van der Waals surface area contributed by atoms with Crippen LogP contribution in [0.3, 0.4) is 0 Å². The summed E-state index contributed by atoms with van der Waals surface area (Å²) in [4.78, 5) is 0. The molecule has 0 heterocycles. The molecule has 0 amide bonds. The smallest absolute Gasteiger partial charge is 0.101 e. The minimum atomic E-state index is -0.523. The minimum absolute atomic E-state index is 0.130. The van der Waals surface area contributed by atoms with Crippen molar-refractivity contribution in [3.63, 3.8) is 0 Å². The second-order valence-electron chi connectivity index (χ2n) is 4.55. The van der Waals surface area contributed by atoms with Gasteiger partial charge in [-0.1, -0.05) is 13.3 Å². The number of ether oxygens (including phenoxy) is 2. The van der Waals surface area contributed by atoms with E-state index in [2.05, 4.69) is 6.92 Å². The Labute approximate surface area is 98.1 Å². The first kappa shape index (κ1) is 13.9. The van der Waals surface area contributed by atoms with Crippen LogP contribution in [0.15, 0.2) is 0 Å². The van der Waals surface area contributed by atoms with Gasteiger partial charge in [-0.05, 0) is 25.7 Å². The zero-order chi connectivity index (χ0) is 11.8. The first-order valence-electron chi connectivity index (χ1n) is 6.37. The predicted octanol–water partition coefficient (Wildman–Crippen LogP) is 1.06. The second-order valence-corrected chi connectivity index (χ2v) is 4.55. The minimum Gasteiger partial charge on any atom is -0.388 e. The van der Waals surface area contributed by atoms with Crippen LogP contribution < -0.4 is 5.73 Å². The molecular formula is C12H25NO3. The molecule has 3 atom stereocenters. The highest BCUT2D eigenvalue weighted by Gasteiger charge is 2.25. The van der Waals surface area contributed by atoms with E-state index in [1.54, 1.807) is 0 Å². The van der Waals surface area contributed by atoms with E-state index in [1.807, 2.05) is 0 Å². The molecule has 1 aliphatic rings. The van der Waals surface area contributed by atoms with Gasteiger partial charge >= 0.3 is 0 Å². The van der Waals surface area contributed by atoms with E-state index in [0.29, 0.717) is 13.2 Å². The van der Waals surface area contributed by atoms with Crippen LogP contribution in [0.25, 0.3) is 0 Å². The molecule has 3 unspecified atom stereocenters. The molecule has 1 fully saturated rings. The van der Waals surface area contributed by atoms with E-state index in [-0.39, 0.29) is 12.1 Å². The fourth-order valence-electron chi connectivity index (χ4n) is 1.91. The van der Waals surface area contributed by atoms with Gasteiger partial charge in [-0.15, -0.1) is 0 Å². The number of rotatable bonds is 8. The molecule has 1 aliphatic carbocycles. The highest BCUT2D eigenvalue weighted by atomic mass is 16.5. The number of aliphatic hydroxyl groups is 1. The molecule has 0 aromatic heterocycles. The zero-order valence-corrected chi connectivity index (χ0v) is 10.2. The van der Waals surface area contributed by atoms with Gasteiger partial charge in [0.05, 0.1) is 19.3 Å². The molecule has 4 heteroatoms. The van der Waals surface area contributed by atoms with Crippen molar-refractivity contribution in [1.82, 2.24) is 0 Å². The van der Waals surface area contributed by atoms with Crippen LogP contribution in [-0.2, 0) is 9.47 Å². The normalized spacial score (nSPS) is 27.2. The zero-order valence-electron chi connectivity index (χ0n) is 10.2. The van der Waals surface area contributed by atoms with Gasteiger partial charge in [0.2, 0.25) is 0 Å². The van der Waals surface area contributed by atoms with E-state index in [9.17, 15) is 5.11 Å². The van der Waals surface area contributed by atoms with Crippen molar-refractivity contribution in [2.75, 3.05) is 19.8 Å². The summed E-state index contributed by atoms with van der Waals surface area (Å²) in [6, 6.07) is 0.146. The summed E-state index contributed by atoms with van der Waals surface area (Å²) >= 11 is 0. The van der Waals surface area contributed by atoms with E-state index in [0.717, 1.165) is 38.7 Å². The van der Waals surface area contributed by atoms with E-state index in [1.165, 1.54) is 0 Å². The maximum Gasteiger partial charge on any atom is 0.101 e. The third-order valence-electron chi connectivity index (χ3n) is 2.96. The standard InChI is InChI=1S/C12H25NO3/c1-2-3-7-15-8-10(14)9-16-12-6-4-5-11(12)13/h10-12,14H,2-9,13H2,1H3. The summed E-state index contributed by atoms with van der Waals surface area (Å²) in [7, 11) is 0. The lowest BCUT2D eigenvalue weighted by atomic mass is 10.2. The van der Waals surface area contributed by atoms with Crippen LogP contribution in [0.4, 0.5) is 0 Å². The molecular weight excluding hydrogens is 206 g/mol. The van der Waals surface area contributed by atoms with E-state index in [4.69, 9.17) is 15.2 Å². The van der Waals surface area contributed by atoms with Gasteiger partial charge in [0.1, 0.15) is 6.10 Å². The van der Waals surface area contributed by atoms with Crippen molar-refractivity contribution < 1.29 is 14.6 Å². The van der Waals surface area contributed by atoms with Crippen LogP contribution >= 0.6 is 0 Å². The highest BCUT2D eigenvalue weighted by Crippen LogP contribution is 2.20. The monoisotopic (exact) mass is 231 g/mol. The number of hydrogen-bond donors (Lipinski definition) is 2. The Bertz CT molecular complexity index is 178. The second kappa shape index (κ2) is 8.01. The molecule has 1 saturated carbocycles. The summed E-state index contributed by atoms with van der Waals surface area (Å²) in [6.07, 6.45) is 4.95. The maximum atomic E-state index is 9.60. The van der Waals surface area contributed by atoms with E-state index < -0.39 is 6.10 Å². The Morgan fingerprint density at radius 1 is 1.38 bits per heavy atom. The van der Waals surface area contributed by atoms with Crippen molar-refractivity contribution >= 4 is 0 Å². The molecule has 4 nitrogen and oxygen atoms in total. The van der Waals surface area contributed by atoms with E-state index >= 15 is 0 Å². The number of hydrogen-bond acceptors (Lipinski definition) is 4. The summed E-state index contributed by atoms with van der Waals surface area (Å²) in [5.74, 6) is 0. The molecule has 96 valence electrons. The van der Waals surface area contributed by atoms with Gasteiger partial charge in [0, 0.05) is 12.6 Å². The molecule has 3 N–H and O–H groups in total. The van der Waals surface area contributed by atoms with Crippen LogP contribution in [-0.4, -0.2) is 43.2 Å². The fraction of sp³-hybridized carbons (Fsp3) is 1.00. The third kappa shape index (κ3) is 5.25. The number of aliphatic hydroxyl groups excluding tert-OH is 1. The predicted molar refractivity (Wildman–Crippen MR) is 63.3 cm³/mol. The number of nitrogens with two attached hydrogens (primary N) is 1. The van der Waals surface area contributed by atoms with Crippen molar-refractivity contribution in [3.8, 4) is 0 Å². The van der Waals surface area contributed by atoms with Gasteiger partial charge in [0.25, 0.3) is 0 Å². The SMILES string of the molecule is CCCCOCC(O)COC1CCCC1N. The highest BCUT2D eigenvalue weighted by molar-refractivity contribution is 4.81. The van der Waals surface area contributed by atoms with Crippen LogP contribution in [0.1, 0.15) is 39.0 Å². The van der Waals surface area contributed by atoms with Gasteiger partial charge in [-0.3, -0.25) is 0 Å². The molecule has 0 aliphatic heterocycles. The average Bonchev–Trinajstić information content (AvgIpc) is 2.67. The average molecular weight is 231 g/mol. The molecule has 0 saturated heterocycles. The van der Waals surface area contributed by atoms with Crippen LogP contribution in [0.5, 0.6) is 0 Å². The Morgan fingerprint density at radius 2 is 2.19 bits per heavy atom. The van der Waals surface area contributed by atoms with Crippen LogP contribution in [0.2, 0.25) is 0 Å².